The van der Waals surface area contributed by atoms with E-state index in [1.807, 2.05) is 0 Å². The molecule has 0 unspecified atom stereocenters. The first-order valence-electron chi connectivity index (χ1n) is 6.78. The molecule has 1 fully saturated rings. The van der Waals surface area contributed by atoms with Crippen LogP contribution in [0.15, 0.2) is 18.2 Å². The Labute approximate surface area is 113 Å². The van der Waals surface area contributed by atoms with Crippen molar-refractivity contribution in [3.8, 4) is 5.75 Å². The van der Waals surface area contributed by atoms with Gasteiger partial charge in [0.2, 0.25) is 0 Å². The molecule has 1 aromatic rings. The van der Waals surface area contributed by atoms with Gasteiger partial charge in [0.15, 0.2) is 0 Å². The smallest absolute Gasteiger partial charge is 0.257 e. The van der Waals surface area contributed by atoms with E-state index < -0.39 is 5.82 Å². The van der Waals surface area contributed by atoms with Crippen LogP contribution in [-0.2, 0) is 0 Å². The SMILES string of the molecule is CC(C)CCN(C(=O)c1cc(F)ccc1O)C1CC1. The van der Waals surface area contributed by atoms with E-state index >= 15 is 0 Å². The van der Waals surface area contributed by atoms with Crippen molar-refractivity contribution in [2.75, 3.05) is 6.54 Å². The highest BCUT2D eigenvalue weighted by atomic mass is 19.1. The standard InChI is InChI=1S/C15H20FNO2/c1-10(2)7-8-17(12-4-5-12)15(19)13-9-11(16)3-6-14(13)18/h3,6,9-10,12,18H,4-5,7-8H2,1-2H3. The third-order valence-corrected chi connectivity index (χ3v) is 3.38. The number of hydrogen-bond acceptors (Lipinski definition) is 2. The van der Waals surface area contributed by atoms with Gasteiger partial charge in [-0.3, -0.25) is 4.79 Å². The molecule has 19 heavy (non-hydrogen) atoms. The molecule has 1 saturated carbocycles. The second kappa shape index (κ2) is 5.59. The zero-order valence-corrected chi connectivity index (χ0v) is 11.4. The minimum absolute atomic E-state index is 0.0654. The number of phenolic OH excluding ortho intramolecular Hbond substituents is 1. The number of hydrogen-bond donors (Lipinski definition) is 1. The molecule has 1 aliphatic rings. The number of nitrogens with zero attached hydrogens (tertiary/aromatic N) is 1. The van der Waals surface area contributed by atoms with Crippen LogP contribution in [0.1, 0.15) is 43.5 Å². The van der Waals surface area contributed by atoms with Crippen LogP contribution in [0.5, 0.6) is 5.75 Å². The van der Waals surface area contributed by atoms with Crippen molar-refractivity contribution in [2.24, 2.45) is 5.92 Å². The lowest BCUT2D eigenvalue weighted by atomic mass is 10.1. The lowest BCUT2D eigenvalue weighted by Crippen LogP contribution is -2.34. The molecule has 4 heteroatoms. The summed E-state index contributed by atoms with van der Waals surface area (Å²) in [7, 11) is 0. The summed E-state index contributed by atoms with van der Waals surface area (Å²) in [6.07, 6.45) is 2.91. The van der Waals surface area contributed by atoms with Crippen LogP contribution in [-0.4, -0.2) is 28.5 Å². The number of carbonyl (C=O) groups excluding carboxylic acids is 1. The van der Waals surface area contributed by atoms with E-state index in [0.717, 1.165) is 31.4 Å². The monoisotopic (exact) mass is 265 g/mol. The average molecular weight is 265 g/mol. The molecular weight excluding hydrogens is 245 g/mol. The Hall–Kier alpha value is -1.58. The molecule has 1 aliphatic carbocycles. The van der Waals surface area contributed by atoms with Gasteiger partial charge in [-0.05, 0) is 43.4 Å². The summed E-state index contributed by atoms with van der Waals surface area (Å²) in [4.78, 5) is 14.2. The van der Waals surface area contributed by atoms with Crippen LogP contribution in [0, 0.1) is 11.7 Å². The molecule has 0 aromatic heterocycles. The predicted molar refractivity (Wildman–Crippen MR) is 71.6 cm³/mol. The highest BCUT2D eigenvalue weighted by molar-refractivity contribution is 5.97. The summed E-state index contributed by atoms with van der Waals surface area (Å²) in [5.74, 6) is -0.405. The molecule has 0 spiro atoms. The van der Waals surface area contributed by atoms with Gasteiger partial charge >= 0.3 is 0 Å². The predicted octanol–water partition coefficient (Wildman–Crippen LogP) is 3.18. The maximum atomic E-state index is 13.2. The number of benzene rings is 1. The summed E-state index contributed by atoms with van der Waals surface area (Å²) < 4.78 is 13.2. The van der Waals surface area contributed by atoms with E-state index in [1.54, 1.807) is 4.90 Å². The molecule has 1 aromatic carbocycles. The number of halogens is 1. The Morgan fingerprint density at radius 3 is 2.74 bits per heavy atom. The van der Waals surface area contributed by atoms with Gasteiger partial charge in [-0.1, -0.05) is 13.8 Å². The lowest BCUT2D eigenvalue weighted by molar-refractivity contribution is 0.0732. The molecule has 0 bridgehead atoms. The van der Waals surface area contributed by atoms with Crippen molar-refractivity contribution in [3.63, 3.8) is 0 Å². The summed E-state index contributed by atoms with van der Waals surface area (Å²) >= 11 is 0. The highest BCUT2D eigenvalue weighted by Crippen LogP contribution is 2.30. The molecule has 0 radical (unpaired) electrons. The van der Waals surface area contributed by atoms with E-state index in [0.29, 0.717) is 12.5 Å². The first kappa shape index (κ1) is 13.8. The normalized spacial score (nSPS) is 14.7. The van der Waals surface area contributed by atoms with Crippen molar-refractivity contribution >= 4 is 5.91 Å². The van der Waals surface area contributed by atoms with Gasteiger partial charge in [-0.25, -0.2) is 4.39 Å². The van der Waals surface area contributed by atoms with Crippen molar-refractivity contribution in [1.82, 2.24) is 4.90 Å². The molecule has 0 atom stereocenters. The molecule has 0 aliphatic heterocycles. The highest BCUT2D eigenvalue weighted by Gasteiger charge is 2.33. The largest absolute Gasteiger partial charge is 0.507 e. The Kier molecular flexibility index (Phi) is 4.08. The summed E-state index contributed by atoms with van der Waals surface area (Å²) in [5, 5.41) is 9.72. The zero-order valence-electron chi connectivity index (χ0n) is 11.4. The van der Waals surface area contributed by atoms with E-state index in [-0.39, 0.29) is 23.3 Å². The zero-order chi connectivity index (χ0) is 14.0. The van der Waals surface area contributed by atoms with Crippen LogP contribution in [0.2, 0.25) is 0 Å². The second-order valence-electron chi connectivity index (χ2n) is 5.57. The maximum absolute atomic E-state index is 13.2. The number of phenols is 1. The molecule has 104 valence electrons. The second-order valence-corrected chi connectivity index (χ2v) is 5.57. The van der Waals surface area contributed by atoms with Crippen molar-refractivity contribution in [1.29, 1.82) is 0 Å². The first-order chi connectivity index (χ1) is 8.99. The van der Waals surface area contributed by atoms with Gasteiger partial charge in [-0.2, -0.15) is 0 Å². The van der Waals surface area contributed by atoms with Crippen LogP contribution in [0.25, 0.3) is 0 Å². The molecular formula is C15H20FNO2. The van der Waals surface area contributed by atoms with Crippen LogP contribution in [0.3, 0.4) is 0 Å². The van der Waals surface area contributed by atoms with Gasteiger partial charge in [0.05, 0.1) is 5.56 Å². The first-order valence-corrected chi connectivity index (χ1v) is 6.78. The van der Waals surface area contributed by atoms with Gasteiger partial charge in [-0.15, -0.1) is 0 Å². The Bertz CT molecular complexity index is 469. The van der Waals surface area contributed by atoms with Gasteiger partial charge in [0.1, 0.15) is 11.6 Å². The van der Waals surface area contributed by atoms with Gasteiger partial charge < -0.3 is 10.0 Å². The number of rotatable bonds is 5. The molecule has 1 N–H and O–H groups in total. The van der Waals surface area contributed by atoms with Gasteiger partial charge in [0.25, 0.3) is 5.91 Å². The molecule has 1 amide bonds. The van der Waals surface area contributed by atoms with Gasteiger partial charge in [0, 0.05) is 12.6 Å². The molecule has 0 heterocycles. The van der Waals surface area contributed by atoms with Crippen LogP contribution in [0.4, 0.5) is 4.39 Å². The molecule has 0 saturated heterocycles. The van der Waals surface area contributed by atoms with Crippen LogP contribution >= 0.6 is 0 Å². The number of carbonyl (C=O) groups is 1. The third-order valence-electron chi connectivity index (χ3n) is 3.38. The maximum Gasteiger partial charge on any atom is 0.257 e. The van der Waals surface area contributed by atoms with Crippen molar-refractivity contribution < 1.29 is 14.3 Å². The summed E-state index contributed by atoms with van der Waals surface area (Å²) in [5.41, 5.74) is 0.0654. The fraction of sp³-hybridized carbons (Fsp3) is 0.533. The third kappa shape index (κ3) is 3.46. The minimum Gasteiger partial charge on any atom is -0.507 e. The number of aromatic hydroxyl groups is 1. The fourth-order valence-electron chi connectivity index (χ4n) is 2.07. The Morgan fingerprint density at radius 1 is 1.47 bits per heavy atom. The Morgan fingerprint density at radius 2 is 2.16 bits per heavy atom. The van der Waals surface area contributed by atoms with E-state index in [4.69, 9.17) is 0 Å². The minimum atomic E-state index is -0.499. The summed E-state index contributed by atoms with van der Waals surface area (Å²) in [6.45, 7) is 4.88. The Balaban J connectivity index is 2.16. The molecule has 3 nitrogen and oxygen atoms in total. The van der Waals surface area contributed by atoms with Crippen molar-refractivity contribution in [3.05, 3.63) is 29.6 Å². The lowest BCUT2D eigenvalue weighted by Gasteiger charge is -2.23. The summed E-state index contributed by atoms with van der Waals surface area (Å²) in [6, 6.07) is 3.76. The van der Waals surface area contributed by atoms with E-state index in [2.05, 4.69) is 13.8 Å². The van der Waals surface area contributed by atoms with Crippen LogP contribution < -0.4 is 0 Å². The topological polar surface area (TPSA) is 40.5 Å². The van der Waals surface area contributed by atoms with E-state index in [1.165, 1.54) is 6.07 Å². The average Bonchev–Trinajstić information content (AvgIpc) is 3.16. The molecule has 2 rings (SSSR count). The van der Waals surface area contributed by atoms with E-state index in [9.17, 15) is 14.3 Å². The van der Waals surface area contributed by atoms with Crippen molar-refractivity contribution in [2.45, 2.75) is 39.2 Å². The quantitative estimate of drug-likeness (QED) is 0.888. The number of amides is 1. The fourth-order valence-corrected chi connectivity index (χ4v) is 2.07.